The fourth-order valence-electron chi connectivity index (χ4n) is 3.28. The van der Waals surface area contributed by atoms with Gasteiger partial charge in [-0.3, -0.25) is 21.1 Å². The predicted octanol–water partition coefficient (Wildman–Crippen LogP) is 1.21. The highest BCUT2D eigenvalue weighted by Crippen LogP contribution is 2.31. The predicted molar refractivity (Wildman–Crippen MR) is 73.3 cm³/mol. The monoisotopic (exact) mass is 300 g/mol. The van der Waals surface area contributed by atoms with E-state index in [4.69, 9.17) is 5.84 Å². The van der Waals surface area contributed by atoms with Gasteiger partial charge in [0.25, 0.3) is 0 Å². The zero-order valence-corrected chi connectivity index (χ0v) is 11.6. The Balaban J connectivity index is 1.80. The Hall–Kier alpha value is -1.15. The number of hydrogen-bond acceptors (Lipinski definition) is 4. The first-order valence-corrected chi connectivity index (χ1v) is 7.09. The van der Waals surface area contributed by atoms with Gasteiger partial charge in [0.1, 0.15) is 0 Å². The number of nitrogens with zero attached hydrogens (tertiary/aromatic N) is 2. The zero-order valence-electron chi connectivity index (χ0n) is 11.6. The van der Waals surface area contributed by atoms with Crippen molar-refractivity contribution in [3.05, 3.63) is 35.4 Å². The van der Waals surface area contributed by atoms with E-state index in [1.54, 1.807) is 0 Å². The summed E-state index contributed by atoms with van der Waals surface area (Å²) in [6.45, 7) is 4.99. The highest BCUT2D eigenvalue weighted by molar-refractivity contribution is 5.28. The molecule has 0 saturated carbocycles. The van der Waals surface area contributed by atoms with E-state index < -0.39 is 11.7 Å². The van der Waals surface area contributed by atoms with Crippen LogP contribution in [0.5, 0.6) is 0 Å². The van der Waals surface area contributed by atoms with Crippen LogP contribution in [0.2, 0.25) is 0 Å². The number of hydrazine groups is 1. The maximum atomic E-state index is 12.6. The first-order chi connectivity index (χ1) is 9.99. The molecule has 4 rings (SSSR count). The van der Waals surface area contributed by atoms with Crippen LogP contribution in [0.4, 0.5) is 13.2 Å². The van der Waals surface area contributed by atoms with E-state index in [2.05, 4.69) is 15.2 Å². The van der Waals surface area contributed by atoms with Gasteiger partial charge in [0.05, 0.1) is 11.6 Å². The summed E-state index contributed by atoms with van der Waals surface area (Å²) in [5.41, 5.74) is 2.95. The van der Waals surface area contributed by atoms with Gasteiger partial charge in [-0.1, -0.05) is 12.1 Å². The van der Waals surface area contributed by atoms with Gasteiger partial charge in [-0.05, 0) is 17.7 Å². The number of alkyl halides is 3. The molecule has 0 amide bonds. The Bertz CT molecular complexity index is 480. The summed E-state index contributed by atoms with van der Waals surface area (Å²) in [5, 5.41) is 0. The van der Waals surface area contributed by atoms with Crippen LogP contribution in [0.25, 0.3) is 0 Å². The van der Waals surface area contributed by atoms with E-state index in [1.165, 1.54) is 12.1 Å². The van der Waals surface area contributed by atoms with Crippen LogP contribution in [-0.4, -0.2) is 48.6 Å². The molecule has 2 atom stereocenters. The van der Waals surface area contributed by atoms with E-state index in [0.717, 1.165) is 50.4 Å². The Labute approximate surface area is 121 Å². The van der Waals surface area contributed by atoms with Crippen LogP contribution in [0.1, 0.15) is 17.2 Å². The van der Waals surface area contributed by atoms with Gasteiger partial charge in [0.15, 0.2) is 0 Å². The van der Waals surface area contributed by atoms with Gasteiger partial charge in [-0.15, -0.1) is 0 Å². The van der Waals surface area contributed by atoms with Crippen molar-refractivity contribution in [2.45, 2.75) is 18.3 Å². The van der Waals surface area contributed by atoms with E-state index >= 15 is 0 Å². The summed E-state index contributed by atoms with van der Waals surface area (Å²) < 4.78 is 37.9. The average molecular weight is 300 g/mol. The van der Waals surface area contributed by atoms with Crippen LogP contribution in [-0.2, 0) is 6.18 Å². The van der Waals surface area contributed by atoms with Gasteiger partial charge in [0, 0.05) is 38.8 Å². The lowest BCUT2D eigenvalue weighted by atomic mass is 9.94. The normalized spacial score (nSPS) is 30.4. The lowest BCUT2D eigenvalue weighted by molar-refractivity contribution is -0.137. The number of rotatable bonds is 3. The van der Waals surface area contributed by atoms with Crippen molar-refractivity contribution in [3.63, 3.8) is 0 Å². The lowest BCUT2D eigenvalue weighted by Crippen LogP contribution is -2.64. The Morgan fingerprint density at radius 3 is 2.14 bits per heavy atom. The summed E-state index contributed by atoms with van der Waals surface area (Å²) in [7, 11) is 0. The summed E-state index contributed by atoms with van der Waals surface area (Å²) in [4.78, 5) is 4.74. The number of nitrogens with two attached hydrogens (primary N) is 1. The summed E-state index contributed by atoms with van der Waals surface area (Å²) >= 11 is 0. The largest absolute Gasteiger partial charge is 0.416 e. The Morgan fingerprint density at radius 2 is 1.71 bits per heavy atom. The van der Waals surface area contributed by atoms with E-state index in [0.29, 0.717) is 0 Å². The minimum atomic E-state index is -4.30. The third-order valence-corrected chi connectivity index (χ3v) is 4.48. The molecule has 2 bridgehead atoms. The zero-order chi connectivity index (χ0) is 15.0. The summed E-state index contributed by atoms with van der Waals surface area (Å²) in [6, 6.07) is 5.33. The molecule has 0 aliphatic carbocycles. The molecule has 1 aromatic rings. The SMILES string of the molecule is NNC(c1ccc(C(F)(F)F)cc1)C1CN2CCN1CC2. The molecule has 3 heterocycles. The Morgan fingerprint density at radius 1 is 1.10 bits per heavy atom. The Kier molecular flexibility index (Phi) is 3.92. The number of hydrogen-bond donors (Lipinski definition) is 2. The summed E-state index contributed by atoms with van der Waals surface area (Å²) in [5.74, 6) is 5.67. The fourth-order valence-corrected chi connectivity index (χ4v) is 3.28. The number of benzene rings is 1. The van der Waals surface area contributed by atoms with Crippen molar-refractivity contribution < 1.29 is 13.2 Å². The van der Waals surface area contributed by atoms with Crippen molar-refractivity contribution in [2.24, 2.45) is 5.84 Å². The van der Waals surface area contributed by atoms with Gasteiger partial charge >= 0.3 is 6.18 Å². The third-order valence-electron chi connectivity index (χ3n) is 4.48. The molecule has 3 aliphatic rings. The van der Waals surface area contributed by atoms with Crippen molar-refractivity contribution >= 4 is 0 Å². The average Bonchev–Trinajstić information content (AvgIpc) is 2.49. The van der Waals surface area contributed by atoms with Crippen LogP contribution in [0.15, 0.2) is 24.3 Å². The second-order valence-electron chi connectivity index (χ2n) is 5.67. The highest BCUT2D eigenvalue weighted by Gasteiger charge is 2.37. The molecular formula is C14H19F3N4. The lowest BCUT2D eigenvalue weighted by Gasteiger charge is -2.50. The fraction of sp³-hybridized carbons (Fsp3) is 0.571. The molecule has 1 aromatic carbocycles. The number of fused-ring (bicyclic) bond motifs is 3. The quantitative estimate of drug-likeness (QED) is 0.650. The smallest absolute Gasteiger partial charge is 0.299 e. The molecular weight excluding hydrogens is 281 g/mol. The second-order valence-corrected chi connectivity index (χ2v) is 5.67. The molecule has 7 heteroatoms. The molecule has 0 radical (unpaired) electrons. The standard InChI is InChI=1S/C14H19F3N4/c15-14(16,17)11-3-1-10(2-4-11)13(19-18)12-9-20-5-7-21(12)8-6-20/h1-4,12-13,19H,5-9,18H2. The van der Waals surface area contributed by atoms with Crippen LogP contribution in [0.3, 0.4) is 0 Å². The molecule has 3 fully saturated rings. The first kappa shape index (κ1) is 14.8. The maximum absolute atomic E-state index is 12.6. The maximum Gasteiger partial charge on any atom is 0.416 e. The van der Waals surface area contributed by atoms with Crippen LogP contribution >= 0.6 is 0 Å². The van der Waals surface area contributed by atoms with E-state index in [-0.39, 0.29) is 12.1 Å². The summed E-state index contributed by atoms with van der Waals surface area (Å²) in [6.07, 6.45) is -4.30. The topological polar surface area (TPSA) is 44.5 Å². The highest BCUT2D eigenvalue weighted by atomic mass is 19.4. The van der Waals surface area contributed by atoms with Crippen molar-refractivity contribution in [1.82, 2.24) is 15.2 Å². The molecule has 0 spiro atoms. The molecule has 2 unspecified atom stereocenters. The third kappa shape index (κ3) is 2.91. The number of nitrogens with one attached hydrogen (secondary N) is 1. The molecule has 3 aliphatic heterocycles. The van der Waals surface area contributed by atoms with E-state index in [1.807, 2.05) is 0 Å². The van der Waals surface area contributed by atoms with Gasteiger partial charge < -0.3 is 0 Å². The molecule has 116 valence electrons. The second kappa shape index (κ2) is 5.57. The first-order valence-electron chi connectivity index (χ1n) is 7.09. The molecule has 21 heavy (non-hydrogen) atoms. The minimum Gasteiger partial charge on any atom is -0.299 e. The van der Waals surface area contributed by atoms with Crippen molar-refractivity contribution in [1.29, 1.82) is 0 Å². The number of piperazine rings is 3. The van der Waals surface area contributed by atoms with Gasteiger partial charge in [0.2, 0.25) is 0 Å². The molecule has 3 N–H and O–H groups in total. The van der Waals surface area contributed by atoms with Crippen molar-refractivity contribution in [3.8, 4) is 0 Å². The van der Waals surface area contributed by atoms with E-state index in [9.17, 15) is 13.2 Å². The van der Waals surface area contributed by atoms with Gasteiger partial charge in [-0.25, -0.2) is 0 Å². The van der Waals surface area contributed by atoms with Crippen LogP contribution in [0, 0.1) is 0 Å². The molecule has 4 nitrogen and oxygen atoms in total. The minimum absolute atomic E-state index is 0.157. The van der Waals surface area contributed by atoms with Gasteiger partial charge in [-0.2, -0.15) is 13.2 Å². The molecule has 0 aromatic heterocycles. The number of halogens is 3. The molecule has 3 saturated heterocycles. The van der Waals surface area contributed by atoms with Crippen LogP contribution < -0.4 is 11.3 Å². The van der Waals surface area contributed by atoms with Crippen molar-refractivity contribution in [2.75, 3.05) is 32.7 Å².